The molecule has 0 aliphatic rings. The number of nitrogens with two attached hydrogens (primary N) is 1. The summed E-state index contributed by atoms with van der Waals surface area (Å²) in [5, 5.41) is 0. The standard InChI is InChI=1S/C15H16BrFN2/c16-14-7-3-1-5-11(14)9-13(19-18)10-12-6-2-4-8-15(12)17/h1-8,13,19H,9-10,18H2. The van der Waals surface area contributed by atoms with Crippen molar-refractivity contribution < 1.29 is 4.39 Å². The van der Waals surface area contributed by atoms with E-state index in [4.69, 9.17) is 5.84 Å². The molecule has 0 aliphatic heterocycles. The minimum atomic E-state index is -0.185. The van der Waals surface area contributed by atoms with E-state index < -0.39 is 0 Å². The average molecular weight is 323 g/mol. The molecule has 2 nitrogen and oxygen atoms in total. The van der Waals surface area contributed by atoms with Crippen molar-refractivity contribution in [1.29, 1.82) is 0 Å². The molecule has 0 aliphatic carbocycles. The van der Waals surface area contributed by atoms with Gasteiger partial charge in [-0.3, -0.25) is 11.3 Å². The lowest BCUT2D eigenvalue weighted by Crippen LogP contribution is -2.38. The van der Waals surface area contributed by atoms with E-state index in [1.807, 2.05) is 30.3 Å². The first-order valence-corrected chi connectivity index (χ1v) is 6.93. The van der Waals surface area contributed by atoms with Gasteiger partial charge in [-0.15, -0.1) is 0 Å². The molecule has 0 radical (unpaired) electrons. The van der Waals surface area contributed by atoms with Gasteiger partial charge in [-0.25, -0.2) is 4.39 Å². The fourth-order valence-corrected chi connectivity index (χ4v) is 2.50. The molecular formula is C15H16BrFN2. The Morgan fingerprint density at radius 1 is 1.00 bits per heavy atom. The molecule has 0 bridgehead atoms. The van der Waals surface area contributed by atoms with Gasteiger partial charge in [0.25, 0.3) is 0 Å². The van der Waals surface area contributed by atoms with Gasteiger partial charge in [0.05, 0.1) is 0 Å². The minimum absolute atomic E-state index is 0.00407. The maximum atomic E-state index is 13.6. The van der Waals surface area contributed by atoms with Crippen molar-refractivity contribution >= 4 is 15.9 Å². The average Bonchev–Trinajstić information content (AvgIpc) is 2.42. The Labute approximate surface area is 120 Å². The van der Waals surface area contributed by atoms with E-state index in [9.17, 15) is 4.39 Å². The molecule has 0 saturated carbocycles. The third-order valence-corrected chi connectivity index (χ3v) is 3.86. The van der Waals surface area contributed by atoms with Crippen molar-refractivity contribution in [3.8, 4) is 0 Å². The Hall–Kier alpha value is -1.23. The predicted molar refractivity (Wildman–Crippen MR) is 79.1 cm³/mol. The van der Waals surface area contributed by atoms with Crippen LogP contribution in [-0.2, 0) is 12.8 Å². The van der Waals surface area contributed by atoms with E-state index >= 15 is 0 Å². The van der Waals surface area contributed by atoms with Crippen LogP contribution in [0.2, 0.25) is 0 Å². The van der Waals surface area contributed by atoms with Crippen LogP contribution in [0.4, 0.5) is 4.39 Å². The highest BCUT2D eigenvalue weighted by molar-refractivity contribution is 9.10. The van der Waals surface area contributed by atoms with Crippen LogP contribution in [0.15, 0.2) is 53.0 Å². The number of hydrogen-bond donors (Lipinski definition) is 2. The topological polar surface area (TPSA) is 38.0 Å². The zero-order valence-corrected chi connectivity index (χ0v) is 12.0. The molecule has 2 aromatic carbocycles. The Kier molecular flexibility index (Phi) is 5.07. The van der Waals surface area contributed by atoms with Crippen LogP contribution >= 0.6 is 15.9 Å². The zero-order valence-electron chi connectivity index (χ0n) is 10.4. The second-order valence-electron chi connectivity index (χ2n) is 4.45. The van der Waals surface area contributed by atoms with E-state index in [2.05, 4.69) is 21.4 Å². The number of hydrogen-bond acceptors (Lipinski definition) is 2. The summed E-state index contributed by atoms with van der Waals surface area (Å²) in [5.74, 6) is 5.40. The summed E-state index contributed by atoms with van der Waals surface area (Å²) >= 11 is 3.51. The summed E-state index contributed by atoms with van der Waals surface area (Å²) in [4.78, 5) is 0. The van der Waals surface area contributed by atoms with Crippen LogP contribution in [0.5, 0.6) is 0 Å². The van der Waals surface area contributed by atoms with Crippen LogP contribution in [0.1, 0.15) is 11.1 Å². The summed E-state index contributed by atoms with van der Waals surface area (Å²) in [7, 11) is 0. The molecule has 1 unspecified atom stereocenters. The normalized spacial score (nSPS) is 12.4. The Morgan fingerprint density at radius 2 is 1.58 bits per heavy atom. The van der Waals surface area contributed by atoms with Crippen LogP contribution in [-0.4, -0.2) is 6.04 Å². The molecular weight excluding hydrogens is 307 g/mol. The van der Waals surface area contributed by atoms with Gasteiger partial charge in [-0.05, 0) is 36.1 Å². The molecule has 0 aromatic heterocycles. The molecule has 3 N–H and O–H groups in total. The Morgan fingerprint density at radius 3 is 2.21 bits per heavy atom. The molecule has 0 fully saturated rings. The first-order chi connectivity index (χ1) is 9.20. The van der Waals surface area contributed by atoms with Gasteiger partial charge in [0, 0.05) is 10.5 Å². The van der Waals surface area contributed by atoms with Crippen molar-refractivity contribution in [1.82, 2.24) is 5.43 Å². The predicted octanol–water partition coefficient (Wildman–Crippen LogP) is 3.21. The quantitative estimate of drug-likeness (QED) is 0.655. The maximum Gasteiger partial charge on any atom is 0.126 e. The Balaban J connectivity index is 2.09. The van der Waals surface area contributed by atoms with Gasteiger partial charge in [-0.2, -0.15) is 0 Å². The van der Waals surface area contributed by atoms with Gasteiger partial charge < -0.3 is 0 Å². The summed E-state index contributed by atoms with van der Waals surface area (Å²) in [5.41, 5.74) is 4.60. The molecule has 0 saturated heterocycles. The van der Waals surface area contributed by atoms with Gasteiger partial charge in [0.2, 0.25) is 0 Å². The number of rotatable bonds is 5. The van der Waals surface area contributed by atoms with Crippen LogP contribution in [0, 0.1) is 5.82 Å². The number of hydrazine groups is 1. The fraction of sp³-hybridized carbons (Fsp3) is 0.200. The molecule has 100 valence electrons. The second-order valence-corrected chi connectivity index (χ2v) is 5.31. The van der Waals surface area contributed by atoms with Crippen molar-refractivity contribution in [2.45, 2.75) is 18.9 Å². The first kappa shape index (κ1) is 14.2. The van der Waals surface area contributed by atoms with E-state index in [1.54, 1.807) is 12.1 Å². The van der Waals surface area contributed by atoms with E-state index in [0.717, 1.165) is 16.5 Å². The molecule has 4 heteroatoms. The minimum Gasteiger partial charge on any atom is -0.271 e. The molecule has 1 atom stereocenters. The first-order valence-electron chi connectivity index (χ1n) is 6.13. The molecule has 2 rings (SSSR count). The highest BCUT2D eigenvalue weighted by atomic mass is 79.9. The van der Waals surface area contributed by atoms with Gasteiger partial charge in [-0.1, -0.05) is 52.3 Å². The van der Waals surface area contributed by atoms with Gasteiger partial charge in [0.15, 0.2) is 0 Å². The summed E-state index contributed by atoms with van der Waals surface area (Å²) in [6, 6.07) is 14.8. The number of halogens is 2. The van der Waals surface area contributed by atoms with Crippen LogP contribution in [0.25, 0.3) is 0 Å². The van der Waals surface area contributed by atoms with Gasteiger partial charge >= 0.3 is 0 Å². The third-order valence-electron chi connectivity index (χ3n) is 3.08. The molecule has 19 heavy (non-hydrogen) atoms. The third kappa shape index (κ3) is 3.86. The molecule has 0 spiro atoms. The SMILES string of the molecule is NNC(Cc1ccccc1F)Cc1ccccc1Br. The fourth-order valence-electron chi connectivity index (χ4n) is 2.05. The van der Waals surface area contributed by atoms with E-state index in [0.29, 0.717) is 12.0 Å². The maximum absolute atomic E-state index is 13.6. The number of benzene rings is 2. The monoisotopic (exact) mass is 322 g/mol. The lowest BCUT2D eigenvalue weighted by atomic mass is 9.99. The van der Waals surface area contributed by atoms with Crippen molar-refractivity contribution in [2.75, 3.05) is 0 Å². The summed E-state index contributed by atoms with van der Waals surface area (Å²) in [6.07, 6.45) is 1.30. The lowest BCUT2D eigenvalue weighted by molar-refractivity contribution is 0.506. The highest BCUT2D eigenvalue weighted by Gasteiger charge is 2.12. The molecule has 2 aromatic rings. The van der Waals surface area contributed by atoms with E-state index in [1.165, 1.54) is 6.07 Å². The van der Waals surface area contributed by atoms with Crippen LogP contribution in [0.3, 0.4) is 0 Å². The zero-order chi connectivity index (χ0) is 13.7. The van der Waals surface area contributed by atoms with Gasteiger partial charge in [0.1, 0.15) is 5.82 Å². The molecule has 0 heterocycles. The summed E-state index contributed by atoms with van der Waals surface area (Å²) in [6.45, 7) is 0. The van der Waals surface area contributed by atoms with E-state index in [-0.39, 0.29) is 11.9 Å². The van der Waals surface area contributed by atoms with Crippen molar-refractivity contribution in [2.24, 2.45) is 5.84 Å². The summed E-state index contributed by atoms with van der Waals surface area (Å²) < 4.78 is 14.7. The van der Waals surface area contributed by atoms with Crippen molar-refractivity contribution in [3.63, 3.8) is 0 Å². The Bertz CT molecular complexity index is 498. The lowest BCUT2D eigenvalue weighted by Gasteiger charge is -2.17. The molecule has 0 amide bonds. The smallest absolute Gasteiger partial charge is 0.126 e. The second kappa shape index (κ2) is 6.80. The largest absolute Gasteiger partial charge is 0.271 e. The highest BCUT2D eigenvalue weighted by Crippen LogP contribution is 2.19. The van der Waals surface area contributed by atoms with Crippen LogP contribution < -0.4 is 11.3 Å². The number of nitrogens with one attached hydrogen (secondary N) is 1. The van der Waals surface area contributed by atoms with Crippen molar-refractivity contribution in [3.05, 3.63) is 69.9 Å².